The van der Waals surface area contributed by atoms with Crippen LogP contribution in [0.1, 0.15) is 5.69 Å². The van der Waals surface area contributed by atoms with Crippen molar-refractivity contribution in [1.29, 1.82) is 0 Å². The number of ether oxygens (including phenoxy) is 1. The van der Waals surface area contributed by atoms with Crippen LogP contribution < -0.4 is 15.4 Å². The third-order valence-corrected chi connectivity index (χ3v) is 3.04. The number of urea groups is 1. The molecule has 2 N–H and O–H groups in total. The van der Waals surface area contributed by atoms with Crippen LogP contribution in [-0.2, 0) is 6.54 Å². The molecule has 110 valence electrons. The van der Waals surface area contributed by atoms with Crippen LogP contribution in [-0.4, -0.2) is 17.7 Å². The van der Waals surface area contributed by atoms with E-state index in [2.05, 4.69) is 15.6 Å². The van der Waals surface area contributed by atoms with E-state index >= 15 is 0 Å². The van der Waals surface area contributed by atoms with Gasteiger partial charge in [0.2, 0.25) is 0 Å². The van der Waals surface area contributed by atoms with Crippen molar-refractivity contribution in [3.63, 3.8) is 0 Å². The van der Waals surface area contributed by atoms with Crippen molar-refractivity contribution in [3.05, 3.63) is 58.3 Å². The van der Waals surface area contributed by atoms with Gasteiger partial charge in [-0.2, -0.15) is 0 Å². The van der Waals surface area contributed by atoms with Crippen LogP contribution in [0.4, 0.5) is 4.79 Å². The van der Waals surface area contributed by atoms with Crippen LogP contribution in [0.2, 0.25) is 10.0 Å². The summed E-state index contributed by atoms with van der Waals surface area (Å²) in [5.41, 5.74) is 0.773. The molecule has 2 rings (SSSR count). The first-order valence-electron chi connectivity index (χ1n) is 6.14. The smallest absolute Gasteiger partial charge is 0.317 e. The predicted molar refractivity (Wildman–Crippen MR) is 81.6 cm³/mol. The van der Waals surface area contributed by atoms with E-state index in [1.165, 1.54) is 0 Å². The van der Waals surface area contributed by atoms with Crippen molar-refractivity contribution in [2.24, 2.45) is 0 Å². The molecule has 0 aliphatic carbocycles. The van der Waals surface area contributed by atoms with E-state index in [1.807, 2.05) is 18.2 Å². The maximum Gasteiger partial charge on any atom is 0.317 e. The zero-order chi connectivity index (χ0) is 15.1. The highest BCUT2D eigenvalue weighted by molar-refractivity contribution is 6.35. The number of nitrogens with one attached hydrogen (secondary N) is 2. The Morgan fingerprint density at radius 3 is 2.76 bits per heavy atom. The summed E-state index contributed by atoms with van der Waals surface area (Å²) >= 11 is 11.7. The van der Waals surface area contributed by atoms with Gasteiger partial charge in [0, 0.05) is 11.2 Å². The number of hydrogen-bond donors (Lipinski definition) is 2. The lowest BCUT2D eigenvalue weighted by Crippen LogP contribution is -2.37. The van der Waals surface area contributed by atoms with Gasteiger partial charge in [-0.1, -0.05) is 29.3 Å². The molecule has 0 unspecified atom stereocenters. The number of hydrogen-bond acceptors (Lipinski definition) is 3. The molecule has 7 heteroatoms. The number of amides is 2. The number of carbonyl (C=O) groups excluding carboxylic acids is 1. The minimum absolute atomic E-state index is 0.00456. The average Bonchev–Trinajstić information content (AvgIpc) is 2.48. The lowest BCUT2D eigenvalue weighted by Gasteiger charge is -2.10. The molecule has 1 heterocycles. The highest BCUT2D eigenvalue weighted by Gasteiger charge is 2.04. The lowest BCUT2D eigenvalue weighted by atomic mass is 10.3. The summed E-state index contributed by atoms with van der Waals surface area (Å²) in [6.45, 7) is 0.337. The van der Waals surface area contributed by atoms with Crippen molar-refractivity contribution in [2.45, 2.75) is 6.54 Å². The van der Waals surface area contributed by atoms with Gasteiger partial charge in [0.05, 0.1) is 17.3 Å². The quantitative estimate of drug-likeness (QED) is 0.829. The molecule has 0 saturated carbocycles. The molecule has 0 bridgehead atoms. The lowest BCUT2D eigenvalue weighted by molar-refractivity contribution is 0.223. The van der Waals surface area contributed by atoms with Crippen LogP contribution in [0.3, 0.4) is 0 Å². The average molecular weight is 326 g/mol. The summed E-state index contributed by atoms with van der Waals surface area (Å²) in [6, 6.07) is 10.00. The fraction of sp³-hybridized carbons (Fsp3) is 0.143. The topological polar surface area (TPSA) is 63.2 Å². The number of rotatable bonds is 5. The van der Waals surface area contributed by atoms with Gasteiger partial charge >= 0.3 is 6.03 Å². The van der Waals surface area contributed by atoms with Gasteiger partial charge in [-0.3, -0.25) is 4.98 Å². The number of halogens is 2. The van der Waals surface area contributed by atoms with E-state index in [1.54, 1.807) is 24.4 Å². The summed E-state index contributed by atoms with van der Waals surface area (Å²) in [6.07, 6.45) is 1.67. The Kier molecular flexibility index (Phi) is 5.66. The molecule has 2 amide bonds. The highest BCUT2D eigenvalue weighted by atomic mass is 35.5. The summed E-state index contributed by atoms with van der Waals surface area (Å²) in [4.78, 5) is 15.7. The van der Waals surface area contributed by atoms with Gasteiger partial charge in [0.25, 0.3) is 0 Å². The van der Waals surface area contributed by atoms with E-state index in [0.717, 1.165) is 5.69 Å². The molecule has 1 aromatic carbocycles. The highest BCUT2D eigenvalue weighted by Crippen LogP contribution is 2.27. The summed E-state index contributed by atoms with van der Waals surface area (Å²) < 4.78 is 5.34. The minimum atomic E-state index is -0.356. The third-order valence-electron chi connectivity index (χ3n) is 2.51. The zero-order valence-electron chi connectivity index (χ0n) is 11.0. The molecule has 2 aromatic rings. The van der Waals surface area contributed by atoms with Crippen molar-refractivity contribution in [3.8, 4) is 5.75 Å². The zero-order valence-corrected chi connectivity index (χ0v) is 12.5. The van der Waals surface area contributed by atoms with Crippen molar-refractivity contribution < 1.29 is 9.53 Å². The first kappa shape index (κ1) is 15.4. The van der Waals surface area contributed by atoms with Gasteiger partial charge in [-0.15, -0.1) is 0 Å². The van der Waals surface area contributed by atoms with E-state index in [9.17, 15) is 4.79 Å². The molecule has 5 nitrogen and oxygen atoms in total. The minimum Gasteiger partial charge on any atom is -0.472 e. The third kappa shape index (κ3) is 5.13. The number of nitrogens with zero attached hydrogens (tertiary/aromatic N) is 1. The van der Waals surface area contributed by atoms with Gasteiger partial charge in [0.15, 0.2) is 6.73 Å². The van der Waals surface area contributed by atoms with Gasteiger partial charge in [-0.05, 0) is 30.3 Å². The Hall–Kier alpha value is -1.98. The summed E-state index contributed by atoms with van der Waals surface area (Å²) in [7, 11) is 0. The predicted octanol–water partition coefficient (Wildman–Crippen LogP) is 3.22. The normalized spacial score (nSPS) is 10.0. The summed E-state index contributed by atoms with van der Waals surface area (Å²) in [5, 5.41) is 6.12. The van der Waals surface area contributed by atoms with Crippen LogP contribution >= 0.6 is 23.2 Å². The van der Waals surface area contributed by atoms with Crippen LogP contribution in [0.25, 0.3) is 0 Å². The second-order valence-corrected chi connectivity index (χ2v) is 4.89. The van der Waals surface area contributed by atoms with Crippen LogP contribution in [0.5, 0.6) is 5.75 Å². The second-order valence-electron chi connectivity index (χ2n) is 4.04. The van der Waals surface area contributed by atoms with E-state index < -0.39 is 0 Å². The number of aromatic nitrogens is 1. The SMILES string of the molecule is O=C(NCOc1ccc(Cl)cc1Cl)NCc1ccccn1. The number of benzene rings is 1. The fourth-order valence-corrected chi connectivity index (χ4v) is 1.97. The maximum atomic E-state index is 11.6. The molecular weight excluding hydrogens is 313 g/mol. The molecule has 1 aromatic heterocycles. The first-order chi connectivity index (χ1) is 10.1. The Morgan fingerprint density at radius 1 is 1.19 bits per heavy atom. The van der Waals surface area contributed by atoms with Crippen LogP contribution in [0, 0.1) is 0 Å². The van der Waals surface area contributed by atoms with Gasteiger partial charge in [-0.25, -0.2) is 4.79 Å². The Labute approximate surface area is 132 Å². The maximum absolute atomic E-state index is 11.6. The molecule has 0 aliphatic heterocycles. The summed E-state index contributed by atoms with van der Waals surface area (Å²) in [5.74, 6) is 0.450. The van der Waals surface area contributed by atoms with Crippen molar-refractivity contribution >= 4 is 29.2 Å². The van der Waals surface area contributed by atoms with E-state index in [0.29, 0.717) is 22.3 Å². The molecular formula is C14H13Cl2N3O2. The molecule has 0 atom stereocenters. The Balaban J connectivity index is 1.72. The molecule has 0 saturated heterocycles. The molecule has 21 heavy (non-hydrogen) atoms. The molecule has 0 fully saturated rings. The van der Waals surface area contributed by atoms with Crippen molar-refractivity contribution in [1.82, 2.24) is 15.6 Å². The monoisotopic (exact) mass is 325 g/mol. The van der Waals surface area contributed by atoms with Crippen LogP contribution in [0.15, 0.2) is 42.6 Å². The fourth-order valence-electron chi connectivity index (χ4n) is 1.51. The first-order valence-corrected chi connectivity index (χ1v) is 6.90. The molecule has 0 spiro atoms. The number of carbonyl (C=O) groups is 1. The van der Waals surface area contributed by atoms with Gasteiger partial charge < -0.3 is 15.4 Å². The number of pyridine rings is 1. The van der Waals surface area contributed by atoms with E-state index in [4.69, 9.17) is 27.9 Å². The second kappa shape index (κ2) is 7.71. The Bertz CT molecular complexity index is 608. The van der Waals surface area contributed by atoms with Crippen molar-refractivity contribution in [2.75, 3.05) is 6.73 Å². The standard InChI is InChI=1S/C14H13Cl2N3O2/c15-10-4-5-13(12(16)7-10)21-9-19-14(20)18-8-11-3-1-2-6-17-11/h1-7H,8-9H2,(H2,18,19,20). The van der Waals surface area contributed by atoms with E-state index in [-0.39, 0.29) is 12.8 Å². The Morgan fingerprint density at radius 2 is 2.05 bits per heavy atom. The largest absolute Gasteiger partial charge is 0.472 e. The molecule has 0 aliphatic rings. The van der Waals surface area contributed by atoms with Gasteiger partial charge in [0.1, 0.15) is 5.75 Å². The molecule has 0 radical (unpaired) electrons.